The standard InChI is InChI=1S/C26H29N5O3/c1-34-22-13-19(26(32)33)11-20-23(22)31(15-17-6-9-27-10-7-17)25(29-20)21-12-18-3-2-8-28-24(18)30(21)14-16-4-5-16/h2-3,8,11-13,16-17,27H,4-7,9-10,14-15H2,1H3,(H,32,33). The number of rotatable bonds is 7. The van der Waals surface area contributed by atoms with Gasteiger partial charge in [0.25, 0.3) is 0 Å². The summed E-state index contributed by atoms with van der Waals surface area (Å²) in [6.07, 6.45) is 6.53. The second kappa shape index (κ2) is 8.43. The van der Waals surface area contributed by atoms with Crippen LogP contribution in [0.5, 0.6) is 5.75 Å². The summed E-state index contributed by atoms with van der Waals surface area (Å²) in [4.78, 5) is 21.5. The minimum absolute atomic E-state index is 0.183. The van der Waals surface area contributed by atoms with Crippen LogP contribution in [0.1, 0.15) is 36.0 Å². The number of ether oxygens (including phenoxy) is 1. The van der Waals surface area contributed by atoms with E-state index in [9.17, 15) is 9.90 Å². The Kier molecular flexibility index (Phi) is 5.25. The van der Waals surface area contributed by atoms with Crippen molar-refractivity contribution in [3.05, 3.63) is 42.1 Å². The minimum Gasteiger partial charge on any atom is -0.494 e. The van der Waals surface area contributed by atoms with Crippen molar-refractivity contribution in [2.24, 2.45) is 11.8 Å². The van der Waals surface area contributed by atoms with E-state index in [4.69, 9.17) is 14.7 Å². The van der Waals surface area contributed by atoms with Crippen molar-refractivity contribution in [2.75, 3.05) is 20.2 Å². The molecule has 0 radical (unpaired) electrons. The zero-order chi connectivity index (χ0) is 23.2. The maximum atomic E-state index is 11.8. The van der Waals surface area contributed by atoms with Crippen molar-refractivity contribution < 1.29 is 14.6 Å². The van der Waals surface area contributed by atoms with E-state index in [0.717, 1.165) is 67.1 Å². The van der Waals surface area contributed by atoms with Crippen LogP contribution in [0.15, 0.2) is 36.5 Å². The lowest BCUT2D eigenvalue weighted by molar-refractivity contribution is 0.0696. The van der Waals surface area contributed by atoms with E-state index >= 15 is 0 Å². The molecule has 0 atom stereocenters. The summed E-state index contributed by atoms with van der Waals surface area (Å²) in [5.41, 5.74) is 3.70. The smallest absolute Gasteiger partial charge is 0.335 e. The first-order valence-electron chi connectivity index (χ1n) is 12.1. The SMILES string of the molecule is COc1cc(C(=O)O)cc2nc(-c3cc4cccnc4n3CC3CC3)n(CC3CCNCC3)c12. The van der Waals surface area contributed by atoms with Crippen molar-refractivity contribution in [3.8, 4) is 17.3 Å². The lowest BCUT2D eigenvalue weighted by atomic mass is 9.98. The Labute approximate surface area is 197 Å². The highest BCUT2D eigenvalue weighted by Crippen LogP contribution is 2.38. The summed E-state index contributed by atoms with van der Waals surface area (Å²) >= 11 is 0. The summed E-state index contributed by atoms with van der Waals surface area (Å²) in [5.74, 6) is 1.60. The molecule has 2 N–H and O–H groups in total. The second-order valence-electron chi connectivity index (χ2n) is 9.59. The quantitative estimate of drug-likeness (QED) is 0.431. The highest BCUT2D eigenvalue weighted by Gasteiger charge is 2.28. The van der Waals surface area contributed by atoms with Gasteiger partial charge in [-0.05, 0) is 80.9 Å². The fourth-order valence-corrected chi connectivity index (χ4v) is 5.22. The fraction of sp³-hybridized carbons (Fsp3) is 0.423. The van der Waals surface area contributed by atoms with Gasteiger partial charge in [-0.25, -0.2) is 14.8 Å². The number of benzene rings is 1. The van der Waals surface area contributed by atoms with Crippen molar-refractivity contribution in [1.29, 1.82) is 0 Å². The number of hydrogen-bond donors (Lipinski definition) is 2. The zero-order valence-corrected chi connectivity index (χ0v) is 19.3. The van der Waals surface area contributed by atoms with E-state index in [1.54, 1.807) is 19.2 Å². The van der Waals surface area contributed by atoms with Gasteiger partial charge >= 0.3 is 5.97 Å². The molecule has 0 spiro atoms. The van der Waals surface area contributed by atoms with Crippen LogP contribution in [-0.4, -0.2) is 50.4 Å². The molecule has 1 saturated carbocycles. The van der Waals surface area contributed by atoms with Crippen LogP contribution in [0.3, 0.4) is 0 Å². The topological polar surface area (TPSA) is 94.2 Å². The first-order valence-corrected chi connectivity index (χ1v) is 12.1. The number of hydrogen-bond acceptors (Lipinski definition) is 5. The van der Waals surface area contributed by atoms with E-state index in [2.05, 4.69) is 26.6 Å². The number of piperidine rings is 1. The van der Waals surface area contributed by atoms with Gasteiger partial charge in [0, 0.05) is 24.7 Å². The fourth-order valence-electron chi connectivity index (χ4n) is 5.22. The Hall–Kier alpha value is -3.39. The van der Waals surface area contributed by atoms with E-state index in [0.29, 0.717) is 23.1 Å². The molecule has 4 aromatic rings. The average molecular weight is 460 g/mol. The molecule has 0 unspecified atom stereocenters. The molecular formula is C26H29N5O3. The van der Waals surface area contributed by atoms with Gasteiger partial charge in [-0.15, -0.1) is 0 Å². The maximum absolute atomic E-state index is 11.8. The Balaban J connectivity index is 1.59. The number of nitrogens with one attached hydrogen (secondary N) is 1. The Morgan fingerprint density at radius 1 is 1.12 bits per heavy atom. The summed E-state index contributed by atoms with van der Waals surface area (Å²) in [6.45, 7) is 3.76. The van der Waals surface area contributed by atoms with Crippen LogP contribution in [0.2, 0.25) is 0 Å². The van der Waals surface area contributed by atoms with Gasteiger partial charge in [-0.3, -0.25) is 0 Å². The summed E-state index contributed by atoms with van der Waals surface area (Å²) in [7, 11) is 1.59. The molecule has 4 heterocycles. The predicted molar refractivity (Wildman–Crippen MR) is 130 cm³/mol. The van der Waals surface area contributed by atoms with Crippen LogP contribution in [0, 0.1) is 11.8 Å². The van der Waals surface area contributed by atoms with Crippen LogP contribution in [0.25, 0.3) is 33.6 Å². The number of fused-ring (bicyclic) bond motifs is 2. The van der Waals surface area contributed by atoms with E-state index in [-0.39, 0.29) is 5.56 Å². The van der Waals surface area contributed by atoms with Gasteiger partial charge in [-0.2, -0.15) is 0 Å². The normalized spacial score (nSPS) is 17.0. The highest BCUT2D eigenvalue weighted by atomic mass is 16.5. The molecule has 0 amide bonds. The molecule has 8 heteroatoms. The molecular weight excluding hydrogens is 430 g/mol. The number of pyridine rings is 1. The lowest BCUT2D eigenvalue weighted by Gasteiger charge is -2.24. The lowest BCUT2D eigenvalue weighted by Crippen LogP contribution is -2.30. The number of methoxy groups -OCH3 is 1. The monoisotopic (exact) mass is 459 g/mol. The number of carbonyl (C=O) groups is 1. The molecule has 8 nitrogen and oxygen atoms in total. The van der Waals surface area contributed by atoms with Crippen molar-refractivity contribution in [1.82, 2.24) is 24.4 Å². The zero-order valence-electron chi connectivity index (χ0n) is 19.3. The van der Waals surface area contributed by atoms with Gasteiger partial charge < -0.3 is 24.3 Å². The van der Waals surface area contributed by atoms with Crippen LogP contribution in [-0.2, 0) is 13.1 Å². The minimum atomic E-state index is -0.985. The number of carboxylic acid groups (broad SMARTS) is 1. The summed E-state index contributed by atoms with van der Waals surface area (Å²) < 4.78 is 10.3. The van der Waals surface area contributed by atoms with Gasteiger partial charge in [0.1, 0.15) is 16.9 Å². The number of imidazole rings is 1. The summed E-state index contributed by atoms with van der Waals surface area (Å²) in [5, 5.41) is 14.2. The second-order valence-corrected chi connectivity index (χ2v) is 9.59. The maximum Gasteiger partial charge on any atom is 0.335 e. The van der Waals surface area contributed by atoms with Gasteiger partial charge in [0.05, 0.1) is 23.9 Å². The Morgan fingerprint density at radius 3 is 2.62 bits per heavy atom. The molecule has 0 bridgehead atoms. The molecule has 1 saturated heterocycles. The molecule has 34 heavy (non-hydrogen) atoms. The first-order chi connectivity index (χ1) is 16.6. The highest BCUT2D eigenvalue weighted by molar-refractivity contribution is 5.96. The molecule has 2 aliphatic rings. The molecule has 2 fully saturated rings. The number of aromatic nitrogens is 4. The molecule has 3 aromatic heterocycles. The van der Waals surface area contributed by atoms with E-state index in [1.165, 1.54) is 12.8 Å². The van der Waals surface area contributed by atoms with Crippen LogP contribution in [0.4, 0.5) is 0 Å². The Morgan fingerprint density at radius 2 is 1.88 bits per heavy atom. The van der Waals surface area contributed by atoms with Crippen molar-refractivity contribution in [2.45, 2.75) is 38.8 Å². The third kappa shape index (κ3) is 3.72. The average Bonchev–Trinajstić information content (AvgIpc) is 3.51. The number of carboxylic acids is 1. The molecule has 6 rings (SSSR count). The van der Waals surface area contributed by atoms with Gasteiger partial charge in [0.15, 0.2) is 5.82 Å². The Bertz CT molecular complexity index is 1380. The molecule has 176 valence electrons. The first kappa shape index (κ1) is 21.2. The number of nitrogens with zero attached hydrogens (tertiary/aromatic N) is 4. The molecule has 1 aliphatic heterocycles. The third-order valence-corrected chi connectivity index (χ3v) is 7.20. The van der Waals surface area contributed by atoms with Gasteiger partial charge in [0.2, 0.25) is 0 Å². The van der Waals surface area contributed by atoms with Crippen molar-refractivity contribution in [3.63, 3.8) is 0 Å². The van der Waals surface area contributed by atoms with Crippen LogP contribution >= 0.6 is 0 Å². The van der Waals surface area contributed by atoms with Gasteiger partial charge in [-0.1, -0.05) is 0 Å². The van der Waals surface area contributed by atoms with Crippen LogP contribution < -0.4 is 10.1 Å². The largest absolute Gasteiger partial charge is 0.494 e. The summed E-state index contributed by atoms with van der Waals surface area (Å²) in [6, 6.07) is 9.51. The van der Waals surface area contributed by atoms with E-state index in [1.807, 2.05) is 12.3 Å². The van der Waals surface area contributed by atoms with Crippen molar-refractivity contribution >= 4 is 28.0 Å². The molecule has 1 aliphatic carbocycles. The molecule has 1 aromatic carbocycles. The number of aromatic carboxylic acids is 1. The van der Waals surface area contributed by atoms with E-state index < -0.39 is 5.97 Å². The third-order valence-electron chi connectivity index (χ3n) is 7.20. The predicted octanol–water partition coefficient (Wildman–Crippen LogP) is 4.17.